The molecular weight excluding hydrogens is 359 g/mol. The number of hydrogen-bond acceptors (Lipinski definition) is 4. The van der Waals surface area contributed by atoms with E-state index in [0.717, 1.165) is 17.2 Å². The van der Waals surface area contributed by atoms with Crippen LogP contribution in [0.3, 0.4) is 0 Å². The van der Waals surface area contributed by atoms with Gasteiger partial charge in [-0.05, 0) is 19.1 Å². The van der Waals surface area contributed by atoms with Gasteiger partial charge in [0.25, 0.3) is 0 Å². The standard InChI is InChI=1S/C12H16N4O2.HI/c1-9-6-10(16-18-9)7-14-12(13-2)15-8-11-4-3-5-17-11;/h3-6H,7-8H2,1-2H3,(H2,13,14,15);1H. The zero-order chi connectivity index (χ0) is 12.8. The van der Waals surface area contributed by atoms with Crippen molar-refractivity contribution in [1.29, 1.82) is 0 Å². The second-order valence-electron chi connectivity index (χ2n) is 3.79. The summed E-state index contributed by atoms with van der Waals surface area (Å²) in [5.41, 5.74) is 0.841. The summed E-state index contributed by atoms with van der Waals surface area (Å²) >= 11 is 0. The maximum Gasteiger partial charge on any atom is 0.191 e. The normalized spacial score (nSPS) is 10.9. The van der Waals surface area contributed by atoms with Gasteiger partial charge in [0, 0.05) is 13.1 Å². The van der Waals surface area contributed by atoms with Crippen LogP contribution in [0.4, 0.5) is 0 Å². The molecule has 2 aromatic rings. The van der Waals surface area contributed by atoms with Crippen molar-refractivity contribution in [3.05, 3.63) is 41.7 Å². The van der Waals surface area contributed by atoms with E-state index in [9.17, 15) is 0 Å². The molecule has 0 spiro atoms. The lowest BCUT2D eigenvalue weighted by Gasteiger charge is -2.09. The Kier molecular flexibility index (Phi) is 6.40. The number of rotatable bonds is 4. The van der Waals surface area contributed by atoms with E-state index in [1.165, 1.54) is 0 Å². The van der Waals surface area contributed by atoms with Crippen LogP contribution in [0.2, 0.25) is 0 Å². The van der Waals surface area contributed by atoms with Gasteiger partial charge in [-0.25, -0.2) is 0 Å². The molecule has 0 saturated heterocycles. The van der Waals surface area contributed by atoms with E-state index in [4.69, 9.17) is 8.94 Å². The molecular formula is C12H17IN4O2. The molecule has 0 radical (unpaired) electrons. The van der Waals surface area contributed by atoms with Gasteiger partial charge in [0.1, 0.15) is 17.2 Å². The van der Waals surface area contributed by atoms with Crippen LogP contribution in [-0.4, -0.2) is 18.2 Å². The molecule has 0 bridgehead atoms. The second-order valence-corrected chi connectivity index (χ2v) is 3.79. The highest BCUT2D eigenvalue weighted by Gasteiger charge is 2.03. The van der Waals surface area contributed by atoms with E-state index in [2.05, 4.69) is 20.8 Å². The van der Waals surface area contributed by atoms with Crippen molar-refractivity contribution < 1.29 is 8.94 Å². The number of nitrogens with zero attached hydrogens (tertiary/aromatic N) is 2. The summed E-state index contributed by atoms with van der Waals surface area (Å²) in [5.74, 6) is 2.34. The summed E-state index contributed by atoms with van der Waals surface area (Å²) in [7, 11) is 1.71. The van der Waals surface area contributed by atoms with Crippen molar-refractivity contribution in [3.8, 4) is 0 Å². The van der Waals surface area contributed by atoms with Gasteiger partial charge in [-0.2, -0.15) is 0 Å². The molecule has 2 aromatic heterocycles. The summed E-state index contributed by atoms with van der Waals surface area (Å²) in [4.78, 5) is 4.10. The first kappa shape index (κ1) is 15.5. The number of aromatic nitrogens is 1. The van der Waals surface area contributed by atoms with Crippen LogP contribution in [0.1, 0.15) is 17.2 Å². The maximum atomic E-state index is 5.22. The molecule has 0 aromatic carbocycles. The monoisotopic (exact) mass is 376 g/mol. The summed E-state index contributed by atoms with van der Waals surface area (Å²) in [6.07, 6.45) is 1.64. The lowest BCUT2D eigenvalue weighted by atomic mass is 10.4. The van der Waals surface area contributed by atoms with E-state index in [0.29, 0.717) is 19.0 Å². The first-order chi connectivity index (χ1) is 8.78. The Morgan fingerprint density at radius 1 is 1.37 bits per heavy atom. The number of aryl methyl sites for hydroxylation is 1. The maximum absolute atomic E-state index is 5.22. The minimum atomic E-state index is 0. The number of guanidine groups is 1. The van der Waals surface area contributed by atoms with Crippen LogP contribution in [0, 0.1) is 6.92 Å². The highest BCUT2D eigenvalue weighted by Crippen LogP contribution is 2.01. The van der Waals surface area contributed by atoms with E-state index < -0.39 is 0 Å². The Balaban J connectivity index is 0.00000180. The summed E-state index contributed by atoms with van der Waals surface area (Å²) in [6.45, 7) is 3.01. The van der Waals surface area contributed by atoms with E-state index in [1.807, 2.05) is 25.1 Å². The third-order valence-electron chi connectivity index (χ3n) is 2.35. The first-order valence-corrected chi connectivity index (χ1v) is 5.67. The Bertz CT molecular complexity index is 508. The minimum Gasteiger partial charge on any atom is -0.467 e. The molecule has 0 aliphatic heterocycles. The van der Waals surface area contributed by atoms with E-state index in [1.54, 1.807) is 13.3 Å². The molecule has 2 N–H and O–H groups in total. The molecule has 0 saturated carbocycles. The molecule has 2 heterocycles. The third kappa shape index (κ3) is 4.93. The van der Waals surface area contributed by atoms with Crippen molar-refractivity contribution in [3.63, 3.8) is 0 Å². The van der Waals surface area contributed by atoms with Crippen molar-refractivity contribution in [1.82, 2.24) is 15.8 Å². The zero-order valence-electron chi connectivity index (χ0n) is 10.8. The lowest BCUT2D eigenvalue weighted by Crippen LogP contribution is -2.36. The lowest BCUT2D eigenvalue weighted by molar-refractivity contribution is 0.389. The Hall–Kier alpha value is -1.51. The van der Waals surface area contributed by atoms with E-state index in [-0.39, 0.29) is 24.0 Å². The van der Waals surface area contributed by atoms with Gasteiger partial charge < -0.3 is 19.6 Å². The van der Waals surface area contributed by atoms with Crippen LogP contribution < -0.4 is 10.6 Å². The first-order valence-electron chi connectivity index (χ1n) is 5.67. The molecule has 0 atom stereocenters. The van der Waals surface area contributed by atoms with Crippen molar-refractivity contribution in [2.24, 2.45) is 4.99 Å². The van der Waals surface area contributed by atoms with Gasteiger partial charge >= 0.3 is 0 Å². The number of aliphatic imine (C=N–C) groups is 1. The van der Waals surface area contributed by atoms with Crippen LogP contribution in [0.5, 0.6) is 0 Å². The van der Waals surface area contributed by atoms with Gasteiger partial charge in [-0.15, -0.1) is 24.0 Å². The molecule has 104 valence electrons. The molecule has 0 amide bonds. The predicted octanol–water partition coefficient (Wildman–Crippen LogP) is 2.06. The topological polar surface area (TPSA) is 75.6 Å². The fourth-order valence-electron chi connectivity index (χ4n) is 1.48. The fraction of sp³-hybridized carbons (Fsp3) is 0.333. The van der Waals surface area contributed by atoms with Crippen molar-refractivity contribution >= 4 is 29.9 Å². The highest BCUT2D eigenvalue weighted by atomic mass is 127. The minimum absolute atomic E-state index is 0. The van der Waals surface area contributed by atoms with Crippen molar-refractivity contribution in [2.45, 2.75) is 20.0 Å². The van der Waals surface area contributed by atoms with Crippen LogP contribution in [0.15, 0.2) is 38.4 Å². The Morgan fingerprint density at radius 3 is 2.74 bits per heavy atom. The smallest absolute Gasteiger partial charge is 0.191 e. The number of halogens is 1. The van der Waals surface area contributed by atoms with Gasteiger partial charge in [-0.3, -0.25) is 4.99 Å². The average Bonchev–Trinajstić information content (AvgIpc) is 3.01. The van der Waals surface area contributed by atoms with Gasteiger partial charge in [0.2, 0.25) is 0 Å². The predicted molar refractivity (Wildman–Crippen MR) is 82.4 cm³/mol. The quantitative estimate of drug-likeness (QED) is 0.486. The summed E-state index contributed by atoms with van der Waals surface area (Å²) < 4.78 is 10.2. The molecule has 19 heavy (non-hydrogen) atoms. The van der Waals surface area contributed by atoms with Crippen molar-refractivity contribution in [2.75, 3.05) is 7.05 Å². The van der Waals surface area contributed by atoms with E-state index >= 15 is 0 Å². The number of furan rings is 1. The zero-order valence-corrected chi connectivity index (χ0v) is 13.2. The SMILES string of the molecule is CN=C(NCc1cc(C)on1)NCc1ccco1.I. The molecule has 0 aliphatic rings. The third-order valence-corrected chi connectivity index (χ3v) is 2.35. The molecule has 0 fully saturated rings. The second kappa shape index (κ2) is 7.82. The Morgan fingerprint density at radius 2 is 2.16 bits per heavy atom. The van der Waals surface area contributed by atoms with Crippen LogP contribution >= 0.6 is 24.0 Å². The number of hydrogen-bond donors (Lipinski definition) is 2. The Labute approximate surface area is 128 Å². The van der Waals surface area contributed by atoms with Crippen LogP contribution in [-0.2, 0) is 13.1 Å². The fourth-order valence-corrected chi connectivity index (χ4v) is 1.48. The largest absolute Gasteiger partial charge is 0.467 e. The van der Waals surface area contributed by atoms with Crippen LogP contribution in [0.25, 0.3) is 0 Å². The molecule has 6 nitrogen and oxygen atoms in total. The highest BCUT2D eigenvalue weighted by molar-refractivity contribution is 14.0. The van der Waals surface area contributed by atoms with Gasteiger partial charge in [-0.1, -0.05) is 5.16 Å². The number of nitrogens with one attached hydrogen (secondary N) is 2. The summed E-state index contributed by atoms with van der Waals surface area (Å²) in [5, 5.41) is 10.2. The molecule has 2 rings (SSSR count). The summed E-state index contributed by atoms with van der Waals surface area (Å²) in [6, 6.07) is 5.64. The molecule has 7 heteroatoms. The molecule has 0 aliphatic carbocycles. The average molecular weight is 376 g/mol. The van der Waals surface area contributed by atoms with Gasteiger partial charge in [0.15, 0.2) is 5.96 Å². The molecule has 0 unspecified atom stereocenters. The van der Waals surface area contributed by atoms with Gasteiger partial charge in [0.05, 0.1) is 19.4 Å².